The maximum Gasteiger partial charge on any atom is 0.0911 e. The normalized spacial score (nSPS) is 28.0. The Labute approximate surface area is 126 Å². The summed E-state index contributed by atoms with van der Waals surface area (Å²) in [5.74, 6) is 0.501. The number of allylic oxidation sites excluding steroid dienone is 1. The third-order valence-corrected chi connectivity index (χ3v) is 5.02. The van der Waals surface area contributed by atoms with E-state index in [1.807, 2.05) is 6.07 Å². The molecule has 2 atom stereocenters. The molecular formula is C20H20O. The maximum atomic E-state index is 11.2. The van der Waals surface area contributed by atoms with Gasteiger partial charge in [-0.2, -0.15) is 0 Å². The molecule has 1 saturated carbocycles. The number of hydrogen-bond acceptors (Lipinski definition) is 1. The zero-order valence-electron chi connectivity index (χ0n) is 12.1. The van der Waals surface area contributed by atoms with Crippen molar-refractivity contribution in [1.29, 1.82) is 0 Å². The predicted molar refractivity (Wildman–Crippen MR) is 86.6 cm³/mol. The molecule has 0 heterocycles. The third kappa shape index (κ3) is 2.04. The second-order valence-electron chi connectivity index (χ2n) is 6.35. The van der Waals surface area contributed by atoms with Gasteiger partial charge in [0.2, 0.25) is 0 Å². The van der Waals surface area contributed by atoms with Crippen molar-refractivity contribution < 1.29 is 5.11 Å². The van der Waals surface area contributed by atoms with Crippen LogP contribution in [0.4, 0.5) is 0 Å². The molecule has 106 valence electrons. The van der Waals surface area contributed by atoms with Gasteiger partial charge in [0.05, 0.1) is 5.60 Å². The molecule has 0 saturated heterocycles. The van der Waals surface area contributed by atoms with E-state index in [0.29, 0.717) is 5.92 Å². The van der Waals surface area contributed by atoms with Gasteiger partial charge in [-0.05, 0) is 53.9 Å². The average molecular weight is 276 g/mol. The number of hydrogen-bond donors (Lipinski definition) is 1. The zero-order valence-corrected chi connectivity index (χ0v) is 12.1. The Balaban J connectivity index is 1.96. The van der Waals surface area contributed by atoms with Gasteiger partial charge >= 0.3 is 0 Å². The van der Waals surface area contributed by atoms with Crippen molar-refractivity contribution in [1.82, 2.24) is 0 Å². The minimum Gasteiger partial charge on any atom is -0.385 e. The highest BCUT2D eigenvalue weighted by atomic mass is 16.3. The lowest BCUT2D eigenvalue weighted by Crippen LogP contribution is -2.30. The third-order valence-electron chi connectivity index (χ3n) is 5.02. The summed E-state index contributed by atoms with van der Waals surface area (Å²) < 4.78 is 0. The van der Waals surface area contributed by atoms with Crippen LogP contribution in [0.5, 0.6) is 0 Å². The van der Waals surface area contributed by atoms with Crippen LogP contribution in [0.25, 0.3) is 11.1 Å². The second kappa shape index (κ2) is 4.85. The number of benzene rings is 2. The Hall–Kier alpha value is -1.86. The van der Waals surface area contributed by atoms with Crippen LogP contribution in [0.1, 0.15) is 36.8 Å². The standard InChI is InChI=1S/C20H20O/c21-20-13-7-12-17(14-20)18(15-8-3-1-4-9-15)19(20)16-10-5-2-6-11-16/h1-6,8-11,17,21H,7,12-14H2. The van der Waals surface area contributed by atoms with Crippen molar-refractivity contribution in [3.8, 4) is 0 Å². The fraction of sp³-hybridized carbons (Fsp3) is 0.300. The Morgan fingerprint density at radius 1 is 0.857 bits per heavy atom. The summed E-state index contributed by atoms with van der Waals surface area (Å²) in [6, 6.07) is 21.1. The van der Waals surface area contributed by atoms with Crippen molar-refractivity contribution >= 4 is 11.1 Å². The van der Waals surface area contributed by atoms with E-state index in [1.54, 1.807) is 0 Å². The van der Waals surface area contributed by atoms with Crippen molar-refractivity contribution in [2.75, 3.05) is 0 Å². The van der Waals surface area contributed by atoms with Gasteiger partial charge < -0.3 is 5.11 Å². The highest BCUT2D eigenvalue weighted by Gasteiger charge is 2.47. The summed E-state index contributed by atoms with van der Waals surface area (Å²) in [4.78, 5) is 0. The first-order valence-corrected chi connectivity index (χ1v) is 7.86. The first kappa shape index (κ1) is 12.8. The van der Waals surface area contributed by atoms with Crippen LogP contribution in [-0.2, 0) is 0 Å². The number of rotatable bonds is 2. The van der Waals surface area contributed by atoms with Crippen LogP contribution in [-0.4, -0.2) is 10.7 Å². The van der Waals surface area contributed by atoms with Crippen molar-refractivity contribution in [3.63, 3.8) is 0 Å². The SMILES string of the molecule is OC12CCCC(C1)C(c1ccccc1)=C2c1ccccc1. The summed E-state index contributed by atoms with van der Waals surface area (Å²) in [6.45, 7) is 0. The molecule has 2 bridgehead atoms. The molecule has 0 amide bonds. The van der Waals surface area contributed by atoms with Gasteiger partial charge in [-0.15, -0.1) is 0 Å². The molecule has 0 aromatic heterocycles. The van der Waals surface area contributed by atoms with Gasteiger partial charge in [0.15, 0.2) is 0 Å². The summed E-state index contributed by atoms with van der Waals surface area (Å²) >= 11 is 0. The molecule has 2 aromatic rings. The van der Waals surface area contributed by atoms with E-state index in [0.717, 1.165) is 19.3 Å². The highest BCUT2D eigenvalue weighted by Crippen LogP contribution is 2.56. The predicted octanol–water partition coefficient (Wildman–Crippen LogP) is 4.53. The molecular weight excluding hydrogens is 256 g/mol. The lowest BCUT2D eigenvalue weighted by molar-refractivity contribution is 0.0595. The van der Waals surface area contributed by atoms with Crippen LogP contribution in [0.2, 0.25) is 0 Å². The summed E-state index contributed by atoms with van der Waals surface area (Å²) in [5, 5.41) is 11.2. The minimum atomic E-state index is -0.630. The molecule has 0 radical (unpaired) electrons. The smallest absolute Gasteiger partial charge is 0.0911 e. The molecule has 2 aliphatic carbocycles. The Morgan fingerprint density at radius 3 is 2.14 bits per heavy atom. The van der Waals surface area contributed by atoms with Gasteiger partial charge in [-0.1, -0.05) is 60.7 Å². The van der Waals surface area contributed by atoms with Crippen molar-refractivity contribution in [2.45, 2.75) is 31.3 Å². The van der Waals surface area contributed by atoms with Crippen LogP contribution < -0.4 is 0 Å². The van der Waals surface area contributed by atoms with E-state index in [1.165, 1.54) is 28.7 Å². The summed E-state index contributed by atoms with van der Waals surface area (Å²) in [7, 11) is 0. The van der Waals surface area contributed by atoms with Gasteiger partial charge in [0, 0.05) is 0 Å². The molecule has 2 aliphatic rings. The number of aliphatic hydroxyl groups is 1. The fourth-order valence-corrected chi connectivity index (χ4v) is 4.21. The molecule has 1 heteroatoms. The molecule has 1 fully saturated rings. The van der Waals surface area contributed by atoms with Crippen LogP contribution >= 0.6 is 0 Å². The molecule has 2 aromatic carbocycles. The van der Waals surface area contributed by atoms with E-state index < -0.39 is 5.60 Å². The van der Waals surface area contributed by atoms with E-state index in [9.17, 15) is 5.11 Å². The maximum absolute atomic E-state index is 11.2. The van der Waals surface area contributed by atoms with Crippen LogP contribution in [0.3, 0.4) is 0 Å². The fourth-order valence-electron chi connectivity index (χ4n) is 4.21. The average Bonchev–Trinajstić information content (AvgIpc) is 2.74. The zero-order chi connectivity index (χ0) is 14.3. The van der Waals surface area contributed by atoms with Crippen LogP contribution in [0.15, 0.2) is 60.7 Å². The van der Waals surface area contributed by atoms with E-state index in [-0.39, 0.29) is 0 Å². The van der Waals surface area contributed by atoms with Crippen LogP contribution in [0, 0.1) is 5.92 Å². The van der Waals surface area contributed by atoms with Gasteiger partial charge in [-0.3, -0.25) is 0 Å². The molecule has 1 N–H and O–H groups in total. The van der Waals surface area contributed by atoms with Gasteiger partial charge in [0.25, 0.3) is 0 Å². The van der Waals surface area contributed by atoms with Crippen molar-refractivity contribution in [2.24, 2.45) is 5.92 Å². The monoisotopic (exact) mass is 276 g/mol. The Bertz CT molecular complexity index is 671. The molecule has 0 aliphatic heterocycles. The van der Waals surface area contributed by atoms with Gasteiger partial charge in [0.1, 0.15) is 0 Å². The largest absolute Gasteiger partial charge is 0.385 e. The topological polar surface area (TPSA) is 20.2 Å². The minimum absolute atomic E-state index is 0.501. The molecule has 1 nitrogen and oxygen atoms in total. The number of fused-ring (bicyclic) bond motifs is 2. The van der Waals surface area contributed by atoms with Gasteiger partial charge in [-0.25, -0.2) is 0 Å². The Kier molecular flexibility index (Phi) is 2.97. The Morgan fingerprint density at radius 2 is 1.48 bits per heavy atom. The van der Waals surface area contributed by atoms with Crippen molar-refractivity contribution in [3.05, 3.63) is 71.8 Å². The lowest BCUT2D eigenvalue weighted by Gasteiger charge is -2.30. The first-order valence-electron chi connectivity index (χ1n) is 7.86. The molecule has 0 spiro atoms. The quantitative estimate of drug-likeness (QED) is 0.854. The van der Waals surface area contributed by atoms with E-state index >= 15 is 0 Å². The van der Waals surface area contributed by atoms with E-state index in [4.69, 9.17) is 0 Å². The second-order valence-corrected chi connectivity index (χ2v) is 6.35. The molecule has 2 unspecified atom stereocenters. The first-order chi connectivity index (χ1) is 10.3. The summed E-state index contributed by atoms with van der Waals surface area (Å²) in [5.41, 5.74) is 4.39. The molecule has 4 rings (SSSR count). The molecule has 21 heavy (non-hydrogen) atoms. The highest BCUT2D eigenvalue weighted by molar-refractivity contribution is 5.98. The van der Waals surface area contributed by atoms with E-state index in [2.05, 4.69) is 54.6 Å². The summed E-state index contributed by atoms with van der Waals surface area (Å²) in [6.07, 6.45) is 4.10. The lowest BCUT2D eigenvalue weighted by atomic mass is 9.80.